The van der Waals surface area contributed by atoms with Crippen molar-refractivity contribution < 1.29 is 14.3 Å². The molecule has 1 aliphatic rings. The number of benzene rings is 2. The van der Waals surface area contributed by atoms with Crippen LogP contribution in [0, 0.1) is 0 Å². The molecule has 1 aliphatic heterocycles. The fourth-order valence-corrected chi connectivity index (χ4v) is 3.83. The highest BCUT2D eigenvalue weighted by Gasteiger charge is 2.27. The van der Waals surface area contributed by atoms with Gasteiger partial charge in [0.05, 0.1) is 10.2 Å². The lowest BCUT2D eigenvalue weighted by Gasteiger charge is -2.25. The van der Waals surface area contributed by atoms with E-state index in [1.165, 1.54) is 29.7 Å². The maximum atomic E-state index is 12.5. The van der Waals surface area contributed by atoms with Crippen LogP contribution in [0.5, 0.6) is 11.5 Å². The number of fused-ring (bicyclic) bond motifs is 2. The van der Waals surface area contributed by atoms with E-state index in [0.29, 0.717) is 16.6 Å². The summed E-state index contributed by atoms with van der Waals surface area (Å²) >= 11 is 1.48. The van der Waals surface area contributed by atoms with Crippen LogP contribution in [0.15, 0.2) is 42.5 Å². The first-order valence-electron chi connectivity index (χ1n) is 8.82. The molecule has 0 bridgehead atoms. The standard InChI is InChI=1S/C20H20N2O3S/c1-2-3-6-13-9-10-14-18(11-13)26-20(21-14)22-19(23)17-12-24-15-7-4-5-8-16(15)25-17/h4-5,7-11,17H,2-3,6,12H2,1H3,(H,21,22,23)/t17-/m0/s1. The minimum Gasteiger partial charge on any atom is -0.485 e. The van der Waals surface area contributed by atoms with E-state index in [1.54, 1.807) is 6.07 Å². The summed E-state index contributed by atoms with van der Waals surface area (Å²) in [5.74, 6) is 1.00. The summed E-state index contributed by atoms with van der Waals surface area (Å²) < 4.78 is 12.4. The molecule has 0 saturated heterocycles. The van der Waals surface area contributed by atoms with Crippen molar-refractivity contribution in [3.63, 3.8) is 0 Å². The van der Waals surface area contributed by atoms with Crippen molar-refractivity contribution in [3.05, 3.63) is 48.0 Å². The molecular formula is C20H20N2O3S. The van der Waals surface area contributed by atoms with Crippen LogP contribution in [-0.4, -0.2) is 23.6 Å². The summed E-state index contributed by atoms with van der Waals surface area (Å²) in [6.07, 6.45) is 2.74. The zero-order chi connectivity index (χ0) is 17.9. The summed E-state index contributed by atoms with van der Waals surface area (Å²) in [6, 6.07) is 13.6. The number of nitrogens with zero attached hydrogens (tertiary/aromatic N) is 1. The number of hydrogen-bond donors (Lipinski definition) is 1. The number of amides is 1. The second kappa shape index (κ2) is 7.33. The van der Waals surface area contributed by atoms with E-state index in [4.69, 9.17) is 9.47 Å². The topological polar surface area (TPSA) is 60.5 Å². The third-order valence-electron chi connectivity index (χ3n) is 4.30. The van der Waals surface area contributed by atoms with Crippen LogP contribution in [0.3, 0.4) is 0 Å². The molecule has 5 nitrogen and oxygen atoms in total. The van der Waals surface area contributed by atoms with Crippen molar-refractivity contribution >= 4 is 32.6 Å². The highest BCUT2D eigenvalue weighted by molar-refractivity contribution is 7.22. The Morgan fingerprint density at radius 2 is 2.12 bits per heavy atom. The second-order valence-corrected chi connectivity index (χ2v) is 7.31. The van der Waals surface area contributed by atoms with Crippen molar-refractivity contribution in [1.29, 1.82) is 0 Å². The lowest BCUT2D eigenvalue weighted by atomic mass is 10.1. The number of hydrogen-bond acceptors (Lipinski definition) is 5. The van der Waals surface area contributed by atoms with Gasteiger partial charge in [0.15, 0.2) is 16.6 Å². The molecular weight excluding hydrogens is 348 g/mol. The van der Waals surface area contributed by atoms with Crippen molar-refractivity contribution in [2.24, 2.45) is 0 Å². The lowest BCUT2D eigenvalue weighted by molar-refractivity contribution is -0.125. The maximum Gasteiger partial charge on any atom is 0.270 e. The summed E-state index contributed by atoms with van der Waals surface area (Å²) in [5.41, 5.74) is 2.21. The van der Waals surface area contributed by atoms with E-state index in [0.717, 1.165) is 16.6 Å². The fourth-order valence-electron chi connectivity index (χ4n) is 2.89. The summed E-state index contributed by atoms with van der Waals surface area (Å²) in [7, 11) is 0. The third kappa shape index (κ3) is 3.51. The van der Waals surface area contributed by atoms with Crippen LogP contribution in [0.4, 0.5) is 5.13 Å². The van der Waals surface area contributed by atoms with Crippen molar-refractivity contribution in [3.8, 4) is 11.5 Å². The number of ether oxygens (including phenoxy) is 2. The van der Waals surface area contributed by atoms with E-state index in [-0.39, 0.29) is 12.5 Å². The van der Waals surface area contributed by atoms with Gasteiger partial charge in [-0.05, 0) is 42.7 Å². The molecule has 1 aromatic heterocycles. The Bertz CT molecular complexity index is 938. The first-order valence-corrected chi connectivity index (χ1v) is 9.63. The summed E-state index contributed by atoms with van der Waals surface area (Å²) in [4.78, 5) is 17.0. The number of thiazole rings is 1. The normalized spacial score (nSPS) is 15.8. The van der Waals surface area contributed by atoms with Gasteiger partial charge in [-0.2, -0.15) is 0 Å². The lowest BCUT2D eigenvalue weighted by Crippen LogP contribution is -2.40. The molecule has 0 fully saturated rings. The molecule has 4 rings (SSSR count). The molecule has 0 unspecified atom stereocenters. The first kappa shape index (κ1) is 16.8. The molecule has 1 N–H and O–H groups in total. The number of aryl methyl sites for hydroxylation is 1. The number of rotatable bonds is 5. The molecule has 0 aliphatic carbocycles. The van der Waals surface area contributed by atoms with Gasteiger partial charge >= 0.3 is 0 Å². The molecule has 0 spiro atoms. The quantitative estimate of drug-likeness (QED) is 0.724. The van der Waals surface area contributed by atoms with Crippen LogP contribution in [-0.2, 0) is 11.2 Å². The Labute approximate surface area is 156 Å². The van der Waals surface area contributed by atoms with E-state index >= 15 is 0 Å². The van der Waals surface area contributed by atoms with Crippen LogP contribution < -0.4 is 14.8 Å². The zero-order valence-electron chi connectivity index (χ0n) is 14.5. The fraction of sp³-hybridized carbons (Fsp3) is 0.300. The third-order valence-corrected chi connectivity index (χ3v) is 5.24. The van der Waals surface area contributed by atoms with Gasteiger partial charge in [-0.3, -0.25) is 10.1 Å². The highest BCUT2D eigenvalue weighted by Crippen LogP contribution is 2.32. The largest absolute Gasteiger partial charge is 0.485 e. The van der Waals surface area contributed by atoms with Crippen LogP contribution in [0.2, 0.25) is 0 Å². The van der Waals surface area contributed by atoms with Crippen molar-refractivity contribution in [1.82, 2.24) is 4.98 Å². The Morgan fingerprint density at radius 3 is 2.96 bits per heavy atom. The Hall–Kier alpha value is -2.60. The molecule has 0 saturated carbocycles. The number of unbranched alkanes of at least 4 members (excludes halogenated alkanes) is 1. The molecule has 134 valence electrons. The molecule has 2 aromatic carbocycles. The number of aromatic nitrogens is 1. The maximum absolute atomic E-state index is 12.5. The predicted octanol–water partition coefficient (Wildman–Crippen LogP) is 4.42. The van der Waals surface area contributed by atoms with Gasteiger partial charge in [-0.15, -0.1) is 0 Å². The second-order valence-electron chi connectivity index (χ2n) is 6.28. The highest BCUT2D eigenvalue weighted by atomic mass is 32.1. The molecule has 6 heteroatoms. The molecule has 26 heavy (non-hydrogen) atoms. The van der Waals surface area contributed by atoms with E-state index in [1.807, 2.05) is 24.3 Å². The van der Waals surface area contributed by atoms with Crippen LogP contribution in [0.1, 0.15) is 25.3 Å². The molecule has 0 radical (unpaired) electrons. The smallest absolute Gasteiger partial charge is 0.270 e. The molecule has 2 heterocycles. The number of nitrogens with one attached hydrogen (secondary N) is 1. The van der Waals surface area contributed by atoms with Gasteiger partial charge in [-0.1, -0.05) is 42.9 Å². The van der Waals surface area contributed by atoms with Crippen LogP contribution >= 0.6 is 11.3 Å². The average Bonchev–Trinajstić information content (AvgIpc) is 3.07. The number of anilines is 1. The zero-order valence-corrected chi connectivity index (χ0v) is 15.3. The van der Waals surface area contributed by atoms with E-state index < -0.39 is 6.10 Å². The van der Waals surface area contributed by atoms with Gasteiger partial charge in [0.25, 0.3) is 5.91 Å². The van der Waals surface area contributed by atoms with E-state index in [2.05, 4.69) is 29.4 Å². The Morgan fingerprint density at radius 1 is 1.27 bits per heavy atom. The number of carbonyl (C=O) groups excluding carboxylic acids is 1. The SMILES string of the molecule is CCCCc1ccc2nc(NC(=O)[C@@H]3COc4ccccc4O3)sc2c1. The summed E-state index contributed by atoms with van der Waals surface area (Å²) in [5, 5.41) is 3.44. The predicted molar refractivity (Wildman–Crippen MR) is 103 cm³/mol. The van der Waals surface area contributed by atoms with Gasteiger partial charge in [0.1, 0.15) is 6.61 Å². The number of carbonyl (C=O) groups is 1. The Kier molecular flexibility index (Phi) is 4.75. The Balaban J connectivity index is 1.46. The van der Waals surface area contributed by atoms with Gasteiger partial charge in [-0.25, -0.2) is 4.98 Å². The minimum atomic E-state index is -0.683. The molecule has 1 atom stereocenters. The van der Waals surface area contributed by atoms with Gasteiger partial charge in [0, 0.05) is 0 Å². The summed E-state index contributed by atoms with van der Waals surface area (Å²) in [6.45, 7) is 2.38. The van der Waals surface area contributed by atoms with Crippen LogP contribution in [0.25, 0.3) is 10.2 Å². The number of para-hydroxylation sites is 2. The van der Waals surface area contributed by atoms with E-state index in [9.17, 15) is 4.79 Å². The van der Waals surface area contributed by atoms with Gasteiger partial charge in [0.2, 0.25) is 6.10 Å². The average molecular weight is 368 g/mol. The minimum absolute atomic E-state index is 0.189. The molecule has 3 aromatic rings. The van der Waals surface area contributed by atoms with Crippen molar-refractivity contribution in [2.45, 2.75) is 32.3 Å². The van der Waals surface area contributed by atoms with Gasteiger partial charge < -0.3 is 9.47 Å². The monoisotopic (exact) mass is 368 g/mol. The molecule has 1 amide bonds. The van der Waals surface area contributed by atoms with Crippen molar-refractivity contribution in [2.75, 3.05) is 11.9 Å². The first-order chi connectivity index (χ1) is 12.7.